The van der Waals surface area contributed by atoms with Gasteiger partial charge in [-0.05, 0) is 44.5 Å². The van der Waals surface area contributed by atoms with Gasteiger partial charge < -0.3 is 4.74 Å². The Morgan fingerprint density at radius 2 is 2.00 bits per heavy atom. The number of carbonyl (C=O) groups excluding carboxylic acids is 1. The summed E-state index contributed by atoms with van der Waals surface area (Å²) in [6, 6.07) is 3.61. The number of hydrogen-bond donors (Lipinski definition) is 2. The lowest BCUT2D eigenvalue weighted by molar-refractivity contribution is 0.0541. The summed E-state index contributed by atoms with van der Waals surface area (Å²) < 4.78 is 30.4. The molecule has 0 bridgehead atoms. The summed E-state index contributed by atoms with van der Waals surface area (Å²) in [7, 11) is 0. The van der Waals surface area contributed by atoms with Crippen LogP contribution < -0.4 is 10.9 Å². The zero-order chi connectivity index (χ0) is 13.8. The van der Waals surface area contributed by atoms with E-state index in [1.807, 2.05) is 0 Å². The van der Waals surface area contributed by atoms with Gasteiger partial charge in [-0.15, -0.1) is 0 Å². The van der Waals surface area contributed by atoms with E-state index in [9.17, 15) is 13.6 Å². The summed E-state index contributed by atoms with van der Waals surface area (Å²) in [5, 5.41) is 0. The Hall–Kier alpha value is -1.85. The van der Waals surface area contributed by atoms with Crippen molar-refractivity contribution in [3.05, 3.63) is 29.6 Å². The maximum atomic E-state index is 13.1. The average Bonchev–Trinajstić information content (AvgIpc) is 2.23. The van der Waals surface area contributed by atoms with Gasteiger partial charge in [0.25, 0.3) is 0 Å². The Morgan fingerprint density at radius 3 is 2.56 bits per heavy atom. The van der Waals surface area contributed by atoms with E-state index in [0.717, 1.165) is 12.1 Å². The van der Waals surface area contributed by atoms with Crippen molar-refractivity contribution < 1.29 is 18.3 Å². The van der Waals surface area contributed by atoms with E-state index in [-0.39, 0.29) is 11.3 Å². The molecule has 18 heavy (non-hydrogen) atoms. The van der Waals surface area contributed by atoms with Crippen LogP contribution >= 0.6 is 0 Å². The Bertz CT molecular complexity index is 431. The van der Waals surface area contributed by atoms with E-state index in [2.05, 4.69) is 10.9 Å². The number of rotatable bonds is 3. The van der Waals surface area contributed by atoms with Crippen molar-refractivity contribution in [3.63, 3.8) is 0 Å². The minimum Gasteiger partial charge on any atom is -0.443 e. The molecule has 1 rings (SSSR count). The van der Waals surface area contributed by atoms with Crippen molar-refractivity contribution in [2.45, 2.75) is 33.0 Å². The third kappa shape index (κ3) is 4.99. The van der Waals surface area contributed by atoms with Gasteiger partial charge in [0.1, 0.15) is 18.1 Å². The smallest absolute Gasteiger partial charge is 0.426 e. The van der Waals surface area contributed by atoms with Crippen molar-refractivity contribution in [1.82, 2.24) is 5.43 Å². The number of anilines is 1. The summed E-state index contributed by atoms with van der Waals surface area (Å²) >= 11 is 0. The molecule has 1 aromatic rings. The first kappa shape index (κ1) is 14.2. The van der Waals surface area contributed by atoms with Gasteiger partial charge >= 0.3 is 6.09 Å². The standard InChI is InChI=1S/C12H16F2N2O2/c1-12(2,3)18-11(17)16-15-10-5-8(7-13)4-9(14)6-10/h4-6,15H,7H2,1-3H3,(H,16,17). The minimum atomic E-state index is -0.779. The Morgan fingerprint density at radius 1 is 1.33 bits per heavy atom. The van der Waals surface area contributed by atoms with Crippen molar-refractivity contribution >= 4 is 11.8 Å². The van der Waals surface area contributed by atoms with Crippen LogP contribution in [0.15, 0.2) is 18.2 Å². The SMILES string of the molecule is CC(C)(C)OC(=O)NNc1cc(F)cc(CF)c1. The van der Waals surface area contributed by atoms with Crippen LogP contribution in [0.5, 0.6) is 0 Å². The van der Waals surface area contributed by atoms with E-state index in [0.29, 0.717) is 0 Å². The fourth-order valence-corrected chi connectivity index (χ4v) is 1.23. The molecule has 0 spiro atoms. The highest BCUT2D eigenvalue weighted by molar-refractivity contribution is 5.69. The molecular formula is C12H16F2N2O2. The Labute approximate surface area is 104 Å². The van der Waals surface area contributed by atoms with Crippen molar-refractivity contribution in [2.24, 2.45) is 0 Å². The molecule has 4 nitrogen and oxygen atoms in total. The molecule has 1 aromatic carbocycles. The fraction of sp³-hybridized carbons (Fsp3) is 0.417. The van der Waals surface area contributed by atoms with E-state index >= 15 is 0 Å². The monoisotopic (exact) mass is 258 g/mol. The molecule has 0 aromatic heterocycles. The molecule has 0 aliphatic heterocycles. The number of benzene rings is 1. The van der Waals surface area contributed by atoms with Gasteiger partial charge in [-0.1, -0.05) is 0 Å². The summed E-state index contributed by atoms with van der Waals surface area (Å²) in [5.74, 6) is -0.585. The lowest BCUT2D eigenvalue weighted by Crippen LogP contribution is -2.35. The van der Waals surface area contributed by atoms with Crippen LogP contribution in [0.25, 0.3) is 0 Å². The average molecular weight is 258 g/mol. The second kappa shape index (κ2) is 5.66. The normalized spacial score (nSPS) is 10.9. The molecule has 0 saturated heterocycles. The molecule has 0 atom stereocenters. The zero-order valence-electron chi connectivity index (χ0n) is 10.5. The molecule has 0 heterocycles. The van der Waals surface area contributed by atoms with Gasteiger partial charge in [0.15, 0.2) is 0 Å². The van der Waals surface area contributed by atoms with Crippen LogP contribution in [-0.2, 0) is 11.4 Å². The number of halogens is 2. The molecular weight excluding hydrogens is 242 g/mol. The third-order valence-electron chi connectivity index (χ3n) is 1.82. The second-order valence-electron chi connectivity index (χ2n) is 4.73. The molecule has 6 heteroatoms. The van der Waals surface area contributed by atoms with E-state index in [4.69, 9.17) is 4.74 Å². The van der Waals surface area contributed by atoms with Crippen LogP contribution in [0.4, 0.5) is 19.3 Å². The van der Waals surface area contributed by atoms with Gasteiger partial charge in [0.05, 0.1) is 5.69 Å². The van der Waals surface area contributed by atoms with E-state index < -0.39 is 24.2 Å². The zero-order valence-corrected chi connectivity index (χ0v) is 10.5. The molecule has 0 fully saturated rings. The van der Waals surface area contributed by atoms with Crippen LogP contribution in [-0.4, -0.2) is 11.7 Å². The van der Waals surface area contributed by atoms with Crippen molar-refractivity contribution in [1.29, 1.82) is 0 Å². The number of alkyl halides is 1. The van der Waals surface area contributed by atoms with Gasteiger partial charge in [-0.2, -0.15) is 0 Å². The number of amides is 1. The number of hydrogen-bond acceptors (Lipinski definition) is 3. The molecule has 2 N–H and O–H groups in total. The van der Waals surface area contributed by atoms with Crippen molar-refractivity contribution in [2.75, 3.05) is 5.43 Å². The second-order valence-corrected chi connectivity index (χ2v) is 4.73. The molecule has 1 amide bonds. The maximum Gasteiger partial charge on any atom is 0.426 e. The topological polar surface area (TPSA) is 50.4 Å². The minimum absolute atomic E-state index is 0.184. The molecule has 0 radical (unpaired) electrons. The predicted octanol–water partition coefficient (Wildman–Crippen LogP) is 3.15. The lowest BCUT2D eigenvalue weighted by Gasteiger charge is -2.20. The first-order valence-electron chi connectivity index (χ1n) is 5.40. The van der Waals surface area contributed by atoms with Crippen molar-refractivity contribution in [3.8, 4) is 0 Å². The number of nitrogens with one attached hydrogen (secondary N) is 2. The van der Waals surface area contributed by atoms with E-state index in [1.54, 1.807) is 20.8 Å². The quantitative estimate of drug-likeness (QED) is 0.819. The maximum absolute atomic E-state index is 13.1. The highest BCUT2D eigenvalue weighted by Crippen LogP contribution is 2.14. The molecule has 0 aliphatic rings. The highest BCUT2D eigenvalue weighted by atomic mass is 19.1. The Kier molecular flexibility index (Phi) is 4.47. The largest absolute Gasteiger partial charge is 0.443 e. The van der Waals surface area contributed by atoms with Gasteiger partial charge in [-0.25, -0.2) is 19.0 Å². The van der Waals surface area contributed by atoms with Crippen LogP contribution in [0.3, 0.4) is 0 Å². The highest BCUT2D eigenvalue weighted by Gasteiger charge is 2.15. The molecule has 0 unspecified atom stereocenters. The number of hydrazine groups is 1. The summed E-state index contributed by atoms with van der Waals surface area (Å²) in [6.45, 7) is 4.38. The number of carbonyl (C=O) groups is 1. The van der Waals surface area contributed by atoms with Crippen LogP contribution in [0.2, 0.25) is 0 Å². The first-order chi connectivity index (χ1) is 8.30. The first-order valence-corrected chi connectivity index (χ1v) is 5.40. The van der Waals surface area contributed by atoms with Gasteiger partial charge in [0.2, 0.25) is 0 Å². The fourth-order valence-electron chi connectivity index (χ4n) is 1.23. The van der Waals surface area contributed by atoms with Gasteiger partial charge in [-0.3, -0.25) is 5.43 Å². The summed E-state index contributed by atoms with van der Waals surface area (Å²) in [4.78, 5) is 11.3. The van der Waals surface area contributed by atoms with Gasteiger partial charge in [0, 0.05) is 0 Å². The van der Waals surface area contributed by atoms with Crippen LogP contribution in [0.1, 0.15) is 26.3 Å². The Balaban J connectivity index is 2.58. The molecule has 0 saturated carbocycles. The van der Waals surface area contributed by atoms with E-state index in [1.165, 1.54) is 6.07 Å². The lowest BCUT2D eigenvalue weighted by atomic mass is 10.2. The molecule has 100 valence electrons. The predicted molar refractivity (Wildman–Crippen MR) is 64.2 cm³/mol. The summed E-state index contributed by atoms with van der Waals surface area (Å²) in [5.41, 5.74) is 4.49. The number of ether oxygens (including phenoxy) is 1. The molecule has 0 aliphatic carbocycles. The summed E-state index contributed by atoms with van der Waals surface area (Å²) in [6.07, 6.45) is -0.700. The third-order valence-corrected chi connectivity index (χ3v) is 1.82. The van der Waals surface area contributed by atoms with Crippen LogP contribution in [0, 0.1) is 5.82 Å².